The summed E-state index contributed by atoms with van der Waals surface area (Å²) in [7, 11) is 0. The van der Waals surface area contributed by atoms with Crippen molar-refractivity contribution >= 4 is 18.2 Å². The first-order valence-corrected chi connectivity index (χ1v) is 4.94. The average molecular weight is 228 g/mol. The van der Waals surface area contributed by atoms with Crippen molar-refractivity contribution in [2.45, 2.75) is 32.2 Å². The van der Waals surface area contributed by atoms with Crippen LogP contribution in [0.25, 0.3) is 0 Å². The van der Waals surface area contributed by atoms with Gasteiger partial charge in [0.25, 0.3) is 0 Å². The largest absolute Gasteiger partial charge is 0.322 e. The highest BCUT2D eigenvalue weighted by molar-refractivity contribution is 5.85. The number of carbonyl (C=O) groups excluding carboxylic acids is 1. The molecule has 2 nitrogen and oxygen atoms in total. The van der Waals surface area contributed by atoms with Gasteiger partial charge in [-0.05, 0) is 18.4 Å². The summed E-state index contributed by atoms with van der Waals surface area (Å²) in [5.41, 5.74) is 6.71. The molecule has 2 atom stereocenters. The molecule has 0 heterocycles. The Balaban J connectivity index is 0.00000196. The number of nitrogens with two attached hydrogens (primary N) is 1. The minimum atomic E-state index is -0.346. The highest BCUT2D eigenvalue weighted by Crippen LogP contribution is 2.18. The van der Waals surface area contributed by atoms with E-state index in [0.717, 1.165) is 0 Å². The van der Waals surface area contributed by atoms with Crippen molar-refractivity contribution in [1.29, 1.82) is 0 Å². The molecule has 0 aromatic heterocycles. The zero-order valence-electron chi connectivity index (χ0n) is 9.14. The van der Waals surface area contributed by atoms with Crippen molar-refractivity contribution in [3.8, 4) is 0 Å². The molecule has 0 aliphatic carbocycles. The third-order valence-corrected chi connectivity index (χ3v) is 2.38. The fraction of sp³-hybridized carbons (Fsp3) is 0.417. The number of carbonyl (C=O) groups is 1. The van der Waals surface area contributed by atoms with E-state index in [9.17, 15) is 4.79 Å². The molecule has 2 N–H and O–H groups in total. The average Bonchev–Trinajstić information content (AvgIpc) is 2.19. The van der Waals surface area contributed by atoms with Gasteiger partial charge in [-0.3, -0.25) is 4.79 Å². The number of rotatable bonds is 4. The molecule has 0 unspecified atom stereocenters. The Bertz CT molecular complexity index is 298. The fourth-order valence-electron chi connectivity index (χ4n) is 1.39. The van der Waals surface area contributed by atoms with Crippen LogP contribution in [0.3, 0.4) is 0 Å². The molecule has 1 aromatic carbocycles. The van der Waals surface area contributed by atoms with Gasteiger partial charge in [-0.1, -0.05) is 37.3 Å². The molecule has 0 aliphatic rings. The van der Waals surface area contributed by atoms with Crippen molar-refractivity contribution in [2.24, 2.45) is 5.73 Å². The quantitative estimate of drug-likeness (QED) is 0.859. The maximum atomic E-state index is 11.4. The van der Waals surface area contributed by atoms with Crippen LogP contribution in [0.5, 0.6) is 0 Å². The summed E-state index contributed by atoms with van der Waals surface area (Å²) in [6.45, 7) is 3.79. The van der Waals surface area contributed by atoms with Gasteiger partial charge in [0.1, 0.15) is 5.78 Å². The third-order valence-electron chi connectivity index (χ3n) is 2.38. The predicted molar refractivity (Wildman–Crippen MR) is 65.4 cm³/mol. The molecule has 0 aliphatic heterocycles. The maximum absolute atomic E-state index is 11.4. The molecule has 0 fully saturated rings. The van der Waals surface area contributed by atoms with E-state index < -0.39 is 0 Å². The fourth-order valence-corrected chi connectivity index (χ4v) is 1.39. The molecule has 0 spiro atoms. The summed E-state index contributed by atoms with van der Waals surface area (Å²) in [6.07, 6.45) is 0.529. The van der Waals surface area contributed by atoms with Gasteiger partial charge in [0, 0.05) is 6.42 Å². The van der Waals surface area contributed by atoms with Crippen LogP contribution in [0.1, 0.15) is 31.7 Å². The Hall–Kier alpha value is -0.860. The Kier molecular flexibility index (Phi) is 6.21. The summed E-state index contributed by atoms with van der Waals surface area (Å²) in [4.78, 5) is 11.4. The molecule has 1 rings (SSSR count). The number of ketones is 1. The molecule has 3 heteroatoms. The second-order valence-electron chi connectivity index (χ2n) is 3.77. The molecule has 0 saturated carbocycles. The van der Waals surface area contributed by atoms with E-state index in [1.54, 1.807) is 6.92 Å². The zero-order valence-corrected chi connectivity index (χ0v) is 9.96. The van der Waals surface area contributed by atoms with Gasteiger partial charge in [-0.15, -0.1) is 12.4 Å². The number of halogens is 1. The van der Waals surface area contributed by atoms with Gasteiger partial charge in [-0.25, -0.2) is 0 Å². The summed E-state index contributed by atoms with van der Waals surface area (Å²) < 4.78 is 0. The lowest BCUT2D eigenvalue weighted by molar-refractivity contribution is -0.120. The lowest BCUT2D eigenvalue weighted by Gasteiger charge is -2.12. The number of benzene rings is 1. The second-order valence-corrected chi connectivity index (χ2v) is 3.77. The summed E-state index contributed by atoms with van der Waals surface area (Å²) in [5, 5.41) is 0. The second kappa shape index (κ2) is 6.59. The van der Waals surface area contributed by atoms with Crippen LogP contribution >= 0.6 is 12.4 Å². The minimum absolute atomic E-state index is 0. The summed E-state index contributed by atoms with van der Waals surface area (Å²) in [6, 6.07) is 9.69. The van der Waals surface area contributed by atoms with E-state index >= 15 is 0 Å². The van der Waals surface area contributed by atoms with Crippen LogP contribution in [0.4, 0.5) is 0 Å². The van der Waals surface area contributed by atoms with Crippen molar-refractivity contribution in [3.63, 3.8) is 0 Å². The van der Waals surface area contributed by atoms with E-state index in [2.05, 4.69) is 6.92 Å². The van der Waals surface area contributed by atoms with E-state index in [-0.39, 0.29) is 30.2 Å². The standard InChI is InChI=1S/C12H17NO.ClH/c1-9(8-12(14)10(2)13)11-6-4-3-5-7-11;/h3-7,9-10H,8,13H2,1-2H3;1H/t9-,10+;/m0./s1. The highest BCUT2D eigenvalue weighted by atomic mass is 35.5. The first-order valence-electron chi connectivity index (χ1n) is 4.94. The molecule has 0 bridgehead atoms. The Morgan fingerprint density at radius 3 is 2.27 bits per heavy atom. The molecular weight excluding hydrogens is 210 g/mol. The maximum Gasteiger partial charge on any atom is 0.149 e. The smallest absolute Gasteiger partial charge is 0.149 e. The number of hydrogen-bond donors (Lipinski definition) is 1. The van der Waals surface area contributed by atoms with Gasteiger partial charge >= 0.3 is 0 Å². The molecular formula is C12H18ClNO. The van der Waals surface area contributed by atoms with Crippen LogP contribution in [-0.2, 0) is 4.79 Å². The van der Waals surface area contributed by atoms with Gasteiger partial charge in [0.2, 0.25) is 0 Å². The van der Waals surface area contributed by atoms with E-state index in [1.165, 1.54) is 5.56 Å². The van der Waals surface area contributed by atoms with Crippen LogP contribution in [0.15, 0.2) is 30.3 Å². The normalized spacial score (nSPS) is 13.8. The van der Waals surface area contributed by atoms with Crippen LogP contribution in [0.2, 0.25) is 0 Å². The zero-order chi connectivity index (χ0) is 10.6. The monoisotopic (exact) mass is 227 g/mol. The minimum Gasteiger partial charge on any atom is -0.322 e. The highest BCUT2D eigenvalue weighted by Gasteiger charge is 2.13. The third kappa shape index (κ3) is 4.45. The van der Waals surface area contributed by atoms with Gasteiger partial charge in [-0.2, -0.15) is 0 Å². The van der Waals surface area contributed by atoms with Crippen LogP contribution < -0.4 is 5.73 Å². The number of Topliss-reactive ketones (excluding diaryl/α,β-unsaturated/α-hetero) is 1. The Morgan fingerprint density at radius 2 is 1.80 bits per heavy atom. The van der Waals surface area contributed by atoms with Crippen LogP contribution in [-0.4, -0.2) is 11.8 Å². The summed E-state index contributed by atoms with van der Waals surface area (Å²) >= 11 is 0. The molecule has 84 valence electrons. The molecule has 15 heavy (non-hydrogen) atoms. The van der Waals surface area contributed by atoms with Gasteiger partial charge in [0.15, 0.2) is 0 Å². The first-order chi connectivity index (χ1) is 6.61. The molecule has 1 aromatic rings. The molecule has 0 radical (unpaired) electrons. The van der Waals surface area contributed by atoms with Crippen molar-refractivity contribution < 1.29 is 4.79 Å². The Morgan fingerprint density at radius 1 is 1.27 bits per heavy atom. The predicted octanol–water partition coefficient (Wildman–Crippen LogP) is 2.52. The van der Waals surface area contributed by atoms with Crippen molar-refractivity contribution in [2.75, 3.05) is 0 Å². The topological polar surface area (TPSA) is 43.1 Å². The lowest BCUT2D eigenvalue weighted by Crippen LogP contribution is -2.27. The van der Waals surface area contributed by atoms with Crippen molar-refractivity contribution in [3.05, 3.63) is 35.9 Å². The van der Waals surface area contributed by atoms with E-state index in [0.29, 0.717) is 6.42 Å². The summed E-state index contributed by atoms with van der Waals surface area (Å²) in [5.74, 6) is 0.385. The first kappa shape index (κ1) is 14.1. The van der Waals surface area contributed by atoms with Crippen molar-refractivity contribution in [1.82, 2.24) is 0 Å². The van der Waals surface area contributed by atoms with E-state index in [4.69, 9.17) is 5.73 Å². The van der Waals surface area contributed by atoms with Gasteiger partial charge in [0.05, 0.1) is 6.04 Å². The molecule has 0 saturated heterocycles. The molecule has 0 amide bonds. The van der Waals surface area contributed by atoms with Crippen LogP contribution in [0, 0.1) is 0 Å². The number of hydrogen-bond acceptors (Lipinski definition) is 2. The SMILES string of the molecule is C[C@@H](N)C(=O)C[C@H](C)c1ccccc1.Cl. The lowest BCUT2D eigenvalue weighted by atomic mass is 9.94. The van der Waals surface area contributed by atoms with E-state index in [1.807, 2.05) is 30.3 Å². The van der Waals surface area contributed by atoms with Gasteiger partial charge < -0.3 is 5.73 Å². The Labute approximate surface area is 97.3 Å².